The van der Waals surface area contributed by atoms with Crippen molar-refractivity contribution in [2.24, 2.45) is 0 Å². The molecule has 0 unspecified atom stereocenters. The van der Waals surface area contributed by atoms with Crippen molar-refractivity contribution in [2.45, 2.75) is 25.4 Å². The third-order valence-corrected chi connectivity index (χ3v) is 4.07. The number of likely N-dealkylation sites (tertiary alicyclic amines) is 1. The normalized spacial score (nSPS) is 16.2. The molecule has 0 atom stereocenters. The Morgan fingerprint density at radius 1 is 1.22 bits per heavy atom. The highest BCUT2D eigenvalue weighted by molar-refractivity contribution is 5.55. The van der Waals surface area contributed by atoms with Gasteiger partial charge in [-0.15, -0.1) is 0 Å². The van der Waals surface area contributed by atoms with Crippen molar-refractivity contribution in [3.63, 3.8) is 0 Å². The zero-order chi connectivity index (χ0) is 16.1. The second-order valence-corrected chi connectivity index (χ2v) is 5.68. The fourth-order valence-electron chi connectivity index (χ4n) is 2.83. The molecule has 2 aromatic rings. The van der Waals surface area contributed by atoms with Crippen LogP contribution in [0.2, 0.25) is 0 Å². The molecule has 1 fully saturated rings. The maximum atomic E-state index is 11.0. The molecule has 0 aromatic carbocycles. The molecule has 0 amide bonds. The lowest BCUT2D eigenvalue weighted by Gasteiger charge is -2.32. The minimum Gasteiger partial charge on any atom is -0.362 e. The third kappa shape index (κ3) is 4.01. The highest BCUT2D eigenvalue weighted by atomic mass is 16.6. The average molecular weight is 313 g/mol. The molecule has 1 N–H and O–H groups in total. The molecule has 3 rings (SSSR count). The van der Waals surface area contributed by atoms with E-state index in [0.717, 1.165) is 32.5 Å². The quantitative estimate of drug-likeness (QED) is 0.674. The second-order valence-electron chi connectivity index (χ2n) is 5.68. The Kier molecular flexibility index (Phi) is 4.77. The van der Waals surface area contributed by atoms with Crippen LogP contribution >= 0.6 is 0 Å². The Morgan fingerprint density at radius 3 is 2.65 bits per heavy atom. The van der Waals surface area contributed by atoms with Crippen LogP contribution in [0.25, 0.3) is 0 Å². The maximum absolute atomic E-state index is 11.0. The van der Waals surface area contributed by atoms with E-state index in [-0.39, 0.29) is 11.7 Å². The number of pyridine rings is 2. The lowest BCUT2D eigenvalue weighted by Crippen LogP contribution is -2.38. The average Bonchev–Trinajstić information content (AvgIpc) is 2.58. The summed E-state index contributed by atoms with van der Waals surface area (Å²) in [6.07, 6.45) is 7.08. The van der Waals surface area contributed by atoms with Gasteiger partial charge in [-0.3, -0.25) is 20.0 Å². The zero-order valence-corrected chi connectivity index (χ0v) is 12.8. The van der Waals surface area contributed by atoms with E-state index in [1.807, 2.05) is 24.5 Å². The summed E-state index contributed by atoms with van der Waals surface area (Å²) in [5, 5.41) is 14.3. The van der Waals surface area contributed by atoms with Gasteiger partial charge in [0.15, 0.2) is 0 Å². The van der Waals surface area contributed by atoms with Crippen LogP contribution in [0.4, 0.5) is 11.5 Å². The van der Waals surface area contributed by atoms with Crippen LogP contribution in [0.1, 0.15) is 18.4 Å². The number of hydrogen-bond acceptors (Lipinski definition) is 6. The summed E-state index contributed by atoms with van der Waals surface area (Å²) in [5.41, 5.74) is 1.29. The molecule has 0 saturated carbocycles. The summed E-state index contributed by atoms with van der Waals surface area (Å²) < 4.78 is 0. The van der Waals surface area contributed by atoms with Gasteiger partial charge in [0.05, 0.1) is 4.92 Å². The van der Waals surface area contributed by atoms with Gasteiger partial charge in [-0.2, -0.15) is 0 Å². The Hall–Kier alpha value is -2.54. The molecule has 1 saturated heterocycles. The Balaban J connectivity index is 1.54. The van der Waals surface area contributed by atoms with E-state index in [9.17, 15) is 10.1 Å². The Labute approximate surface area is 134 Å². The molecule has 7 heteroatoms. The Bertz CT molecular complexity index is 657. The molecular weight excluding hydrogens is 294 g/mol. The van der Waals surface area contributed by atoms with Crippen LogP contribution in [-0.4, -0.2) is 38.9 Å². The number of piperidine rings is 1. The first-order valence-electron chi connectivity index (χ1n) is 7.69. The summed E-state index contributed by atoms with van der Waals surface area (Å²) in [6, 6.07) is 7.34. The van der Waals surface area contributed by atoms with Crippen molar-refractivity contribution in [1.82, 2.24) is 14.9 Å². The van der Waals surface area contributed by atoms with Gasteiger partial charge in [0.1, 0.15) is 0 Å². The highest BCUT2D eigenvalue weighted by Gasteiger charge is 2.22. The van der Waals surface area contributed by atoms with E-state index in [1.165, 1.54) is 11.6 Å². The van der Waals surface area contributed by atoms with E-state index in [2.05, 4.69) is 20.2 Å². The van der Waals surface area contributed by atoms with Crippen LogP contribution < -0.4 is 5.32 Å². The Morgan fingerprint density at radius 2 is 1.96 bits per heavy atom. The van der Waals surface area contributed by atoms with Crippen molar-refractivity contribution in [2.75, 3.05) is 18.4 Å². The number of nitrogens with zero attached hydrogens (tertiary/aromatic N) is 4. The van der Waals surface area contributed by atoms with Gasteiger partial charge in [0, 0.05) is 50.3 Å². The van der Waals surface area contributed by atoms with E-state index in [4.69, 9.17) is 0 Å². The van der Waals surface area contributed by atoms with Crippen molar-refractivity contribution in [1.29, 1.82) is 0 Å². The zero-order valence-electron chi connectivity index (χ0n) is 12.8. The van der Waals surface area contributed by atoms with Gasteiger partial charge < -0.3 is 5.32 Å². The first-order valence-corrected chi connectivity index (χ1v) is 7.69. The summed E-state index contributed by atoms with van der Waals surface area (Å²) in [5.74, 6) is 0.366. The maximum Gasteiger partial charge on any atom is 0.311 e. The molecule has 3 heterocycles. The molecule has 1 aliphatic rings. The SMILES string of the molecule is O=[N+]([O-])c1cccnc1NC1CCN(Cc2ccncc2)CC1. The second kappa shape index (κ2) is 7.15. The first-order chi connectivity index (χ1) is 11.2. The molecule has 0 bridgehead atoms. The number of nitrogens with one attached hydrogen (secondary N) is 1. The molecule has 23 heavy (non-hydrogen) atoms. The molecule has 120 valence electrons. The third-order valence-electron chi connectivity index (χ3n) is 4.07. The molecule has 2 aromatic heterocycles. The van der Waals surface area contributed by atoms with Crippen molar-refractivity contribution < 1.29 is 4.92 Å². The van der Waals surface area contributed by atoms with Gasteiger partial charge in [-0.05, 0) is 36.6 Å². The van der Waals surface area contributed by atoms with Crippen molar-refractivity contribution in [3.05, 3.63) is 58.5 Å². The highest BCUT2D eigenvalue weighted by Crippen LogP contribution is 2.24. The number of nitro groups is 1. The molecule has 7 nitrogen and oxygen atoms in total. The lowest BCUT2D eigenvalue weighted by atomic mass is 10.0. The summed E-state index contributed by atoms with van der Waals surface area (Å²) in [6.45, 7) is 2.83. The van der Waals surface area contributed by atoms with Crippen LogP contribution in [0.3, 0.4) is 0 Å². The van der Waals surface area contributed by atoms with E-state index >= 15 is 0 Å². The molecule has 1 aliphatic heterocycles. The molecule has 0 aliphatic carbocycles. The largest absolute Gasteiger partial charge is 0.362 e. The first kappa shape index (κ1) is 15.4. The van der Waals surface area contributed by atoms with Crippen molar-refractivity contribution >= 4 is 11.5 Å². The predicted molar refractivity (Wildman–Crippen MR) is 87.1 cm³/mol. The van der Waals surface area contributed by atoms with Crippen LogP contribution in [-0.2, 0) is 6.54 Å². The lowest BCUT2D eigenvalue weighted by molar-refractivity contribution is -0.384. The topological polar surface area (TPSA) is 84.2 Å². The van der Waals surface area contributed by atoms with E-state index in [1.54, 1.807) is 12.3 Å². The van der Waals surface area contributed by atoms with Crippen LogP contribution in [0, 0.1) is 10.1 Å². The van der Waals surface area contributed by atoms with Gasteiger partial charge in [-0.1, -0.05) is 0 Å². The molecule has 0 spiro atoms. The van der Waals surface area contributed by atoms with Gasteiger partial charge >= 0.3 is 5.69 Å². The summed E-state index contributed by atoms with van der Waals surface area (Å²) in [7, 11) is 0. The number of hydrogen-bond donors (Lipinski definition) is 1. The fourth-order valence-corrected chi connectivity index (χ4v) is 2.83. The molecule has 0 radical (unpaired) electrons. The van der Waals surface area contributed by atoms with Crippen molar-refractivity contribution in [3.8, 4) is 0 Å². The summed E-state index contributed by atoms with van der Waals surface area (Å²) >= 11 is 0. The van der Waals surface area contributed by atoms with Gasteiger partial charge in [0.25, 0.3) is 0 Å². The van der Waals surface area contributed by atoms with Crippen LogP contribution in [0.15, 0.2) is 42.9 Å². The van der Waals surface area contributed by atoms with E-state index in [0.29, 0.717) is 5.82 Å². The minimum atomic E-state index is -0.395. The van der Waals surface area contributed by atoms with Gasteiger partial charge in [0.2, 0.25) is 5.82 Å². The van der Waals surface area contributed by atoms with E-state index < -0.39 is 4.92 Å². The minimum absolute atomic E-state index is 0.0340. The standard InChI is InChI=1S/C16H19N5O2/c22-21(23)15-2-1-7-18-16(15)19-14-5-10-20(11-6-14)12-13-3-8-17-9-4-13/h1-4,7-9,14H,5-6,10-12H2,(H,18,19). The number of aromatic nitrogens is 2. The smallest absolute Gasteiger partial charge is 0.311 e. The monoisotopic (exact) mass is 313 g/mol. The fraction of sp³-hybridized carbons (Fsp3) is 0.375. The van der Waals surface area contributed by atoms with Crippen LogP contribution in [0.5, 0.6) is 0 Å². The number of rotatable bonds is 5. The van der Waals surface area contributed by atoms with Gasteiger partial charge in [-0.25, -0.2) is 4.98 Å². The molecular formula is C16H19N5O2. The summed E-state index contributed by atoms with van der Waals surface area (Å²) in [4.78, 5) is 21.2. The number of anilines is 1. The predicted octanol–water partition coefficient (Wildman–Crippen LogP) is 2.46.